The summed E-state index contributed by atoms with van der Waals surface area (Å²) in [5.74, 6) is -0.105. The number of ketones is 1. The molecule has 1 aromatic rings. The highest BCUT2D eigenvalue weighted by atomic mass is 19.3. The van der Waals surface area contributed by atoms with Crippen LogP contribution in [0.25, 0.3) is 0 Å². The Morgan fingerprint density at radius 2 is 2.07 bits per heavy atom. The van der Waals surface area contributed by atoms with Gasteiger partial charge in [0.05, 0.1) is 0 Å². The molecule has 0 saturated heterocycles. The van der Waals surface area contributed by atoms with Gasteiger partial charge in [0.2, 0.25) is 0 Å². The fourth-order valence-electron chi connectivity index (χ4n) is 1.25. The van der Waals surface area contributed by atoms with Gasteiger partial charge in [-0.25, -0.2) is 8.78 Å². The van der Waals surface area contributed by atoms with Crippen molar-refractivity contribution >= 4 is 5.78 Å². The molecular weight excluding hydrogens is 186 g/mol. The van der Waals surface area contributed by atoms with Crippen molar-refractivity contribution in [1.29, 1.82) is 0 Å². The van der Waals surface area contributed by atoms with E-state index in [1.807, 2.05) is 0 Å². The summed E-state index contributed by atoms with van der Waals surface area (Å²) in [5.41, 5.74) is 0.838. The number of halogens is 2. The second-order valence-corrected chi connectivity index (χ2v) is 3.15. The zero-order chi connectivity index (χ0) is 10.7. The Bertz CT molecular complexity index is 345. The van der Waals surface area contributed by atoms with Gasteiger partial charge in [-0.05, 0) is 18.6 Å². The highest BCUT2D eigenvalue weighted by Gasteiger charge is 2.13. The van der Waals surface area contributed by atoms with E-state index in [4.69, 9.17) is 0 Å². The number of alkyl halides is 2. The zero-order valence-corrected chi connectivity index (χ0v) is 8.18. The molecule has 0 bridgehead atoms. The molecule has 0 aromatic heterocycles. The molecule has 76 valence electrons. The summed E-state index contributed by atoms with van der Waals surface area (Å²) in [6.07, 6.45) is -2.18. The summed E-state index contributed by atoms with van der Waals surface area (Å²) in [7, 11) is 0. The van der Waals surface area contributed by atoms with Crippen LogP contribution in [0.3, 0.4) is 0 Å². The summed E-state index contributed by atoms with van der Waals surface area (Å²) in [6, 6.07) is 4.43. The van der Waals surface area contributed by atoms with E-state index >= 15 is 0 Å². The lowest BCUT2D eigenvalue weighted by atomic mass is 10.0. The standard InChI is InChI=1S/C11H12F2O/c1-3-10(14)8-5-4-7(2)9(6-8)11(12)13/h4-6,11H,3H2,1-2H3. The number of hydrogen-bond donors (Lipinski definition) is 0. The normalized spacial score (nSPS) is 10.6. The maximum Gasteiger partial charge on any atom is 0.264 e. The molecule has 1 aromatic carbocycles. The molecule has 0 atom stereocenters. The predicted molar refractivity (Wildman–Crippen MR) is 50.8 cm³/mol. The van der Waals surface area contributed by atoms with Gasteiger partial charge in [0.15, 0.2) is 5.78 Å². The van der Waals surface area contributed by atoms with Gasteiger partial charge in [-0.3, -0.25) is 4.79 Å². The second kappa shape index (κ2) is 4.31. The van der Waals surface area contributed by atoms with Crippen LogP contribution in [0.1, 0.15) is 41.3 Å². The smallest absolute Gasteiger partial charge is 0.264 e. The lowest BCUT2D eigenvalue weighted by molar-refractivity contribution is 0.0987. The zero-order valence-electron chi connectivity index (χ0n) is 8.18. The molecule has 3 heteroatoms. The number of aryl methyl sites for hydroxylation is 1. The first kappa shape index (κ1) is 10.8. The van der Waals surface area contributed by atoms with Crippen LogP contribution in [0.4, 0.5) is 8.78 Å². The monoisotopic (exact) mass is 198 g/mol. The summed E-state index contributed by atoms with van der Waals surface area (Å²) in [4.78, 5) is 11.3. The van der Waals surface area contributed by atoms with Crippen molar-refractivity contribution in [2.45, 2.75) is 26.7 Å². The highest BCUT2D eigenvalue weighted by Crippen LogP contribution is 2.23. The van der Waals surface area contributed by atoms with Crippen LogP contribution >= 0.6 is 0 Å². The Hall–Kier alpha value is -1.25. The number of carbonyl (C=O) groups is 1. The summed E-state index contributed by atoms with van der Waals surface area (Å²) >= 11 is 0. The summed E-state index contributed by atoms with van der Waals surface area (Å²) < 4.78 is 24.9. The number of rotatable bonds is 3. The van der Waals surface area contributed by atoms with Crippen molar-refractivity contribution in [1.82, 2.24) is 0 Å². The maximum atomic E-state index is 12.5. The number of hydrogen-bond acceptors (Lipinski definition) is 1. The quantitative estimate of drug-likeness (QED) is 0.679. The highest BCUT2D eigenvalue weighted by molar-refractivity contribution is 5.96. The summed E-state index contributed by atoms with van der Waals surface area (Å²) in [6.45, 7) is 3.33. The molecule has 14 heavy (non-hydrogen) atoms. The van der Waals surface area contributed by atoms with Gasteiger partial charge in [0.1, 0.15) is 0 Å². The van der Waals surface area contributed by atoms with Crippen LogP contribution in [-0.2, 0) is 0 Å². The maximum absolute atomic E-state index is 12.5. The van der Waals surface area contributed by atoms with Crippen molar-refractivity contribution < 1.29 is 13.6 Å². The number of Topliss-reactive ketones (excluding diaryl/α,β-unsaturated/α-hetero) is 1. The molecule has 0 saturated carbocycles. The molecule has 0 aliphatic heterocycles. The van der Waals surface area contributed by atoms with Crippen LogP contribution in [0.2, 0.25) is 0 Å². The first-order valence-electron chi connectivity index (χ1n) is 4.48. The summed E-state index contributed by atoms with van der Waals surface area (Å²) in [5, 5.41) is 0. The van der Waals surface area contributed by atoms with E-state index in [9.17, 15) is 13.6 Å². The average molecular weight is 198 g/mol. The van der Waals surface area contributed by atoms with Gasteiger partial charge in [-0.2, -0.15) is 0 Å². The average Bonchev–Trinajstić information content (AvgIpc) is 2.17. The minimum absolute atomic E-state index is 0.0516. The molecule has 0 aliphatic rings. The van der Waals surface area contributed by atoms with Crippen LogP contribution < -0.4 is 0 Å². The third kappa shape index (κ3) is 2.16. The Balaban J connectivity index is 3.13. The van der Waals surface area contributed by atoms with Crippen LogP contribution in [-0.4, -0.2) is 5.78 Å². The molecule has 0 amide bonds. The van der Waals surface area contributed by atoms with Crippen molar-refractivity contribution in [3.63, 3.8) is 0 Å². The van der Waals surface area contributed by atoms with E-state index in [0.717, 1.165) is 0 Å². The van der Waals surface area contributed by atoms with Gasteiger partial charge in [0, 0.05) is 17.5 Å². The SMILES string of the molecule is CCC(=O)c1ccc(C)c(C(F)F)c1. The fraction of sp³-hybridized carbons (Fsp3) is 0.364. The van der Waals surface area contributed by atoms with Crippen LogP contribution in [0.15, 0.2) is 18.2 Å². The molecule has 0 fully saturated rings. The van der Waals surface area contributed by atoms with Gasteiger partial charge < -0.3 is 0 Å². The second-order valence-electron chi connectivity index (χ2n) is 3.15. The topological polar surface area (TPSA) is 17.1 Å². The molecule has 1 nitrogen and oxygen atoms in total. The molecule has 0 N–H and O–H groups in total. The third-order valence-electron chi connectivity index (χ3n) is 2.16. The van der Waals surface area contributed by atoms with E-state index < -0.39 is 6.43 Å². The van der Waals surface area contributed by atoms with Crippen molar-refractivity contribution in [3.8, 4) is 0 Å². The molecule has 0 unspecified atom stereocenters. The minimum atomic E-state index is -2.51. The molecule has 1 rings (SSSR count). The first-order valence-corrected chi connectivity index (χ1v) is 4.48. The molecular formula is C11H12F2O. The molecule has 0 aliphatic carbocycles. The van der Waals surface area contributed by atoms with E-state index in [0.29, 0.717) is 17.5 Å². The Morgan fingerprint density at radius 1 is 1.43 bits per heavy atom. The van der Waals surface area contributed by atoms with Crippen LogP contribution in [0.5, 0.6) is 0 Å². The molecule has 0 heterocycles. The first-order chi connectivity index (χ1) is 6.56. The van der Waals surface area contributed by atoms with E-state index in [1.165, 1.54) is 6.07 Å². The fourth-order valence-corrected chi connectivity index (χ4v) is 1.25. The van der Waals surface area contributed by atoms with E-state index in [-0.39, 0.29) is 11.3 Å². The van der Waals surface area contributed by atoms with Gasteiger partial charge in [-0.15, -0.1) is 0 Å². The van der Waals surface area contributed by atoms with Crippen LogP contribution in [0, 0.1) is 6.92 Å². The van der Waals surface area contributed by atoms with Crippen molar-refractivity contribution in [2.75, 3.05) is 0 Å². The third-order valence-corrected chi connectivity index (χ3v) is 2.16. The lowest BCUT2D eigenvalue weighted by Crippen LogP contribution is -1.99. The lowest BCUT2D eigenvalue weighted by Gasteiger charge is -2.06. The Morgan fingerprint density at radius 3 is 2.57 bits per heavy atom. The predicted octanol–water partition coefficient (Wildman–Crippen LogP) is 3.53. The largest absolute Gasteiger partial charge is 0.294 e. The van der Waals surface area contributed by atoms with E-state index in [2.05, 4.69) is 0 Å². The van der Waals surface area contributed by atoms with Crippen molar-refractivity contribution in [2.24, 2.45) is 0 Å². The van der Waals surface area contributed by atoms with Gasteiger partial charge in [-0.1, -0.05) is 19.1 Å². The Kier molecular flexibility index (Phi) is 3.33. The Labute approximate surface area is 81.7 Å². The van der Waals surface area contributed by atoms with Gasteiger partial charge >= 0.3 is 0 Å². The minimum Gasteiger partial charge on any atom is -0.294 e. The van der Waals surface area contributed by atoms with Gasteiger partial charge in [0.25, 0.3) is 6.43 Å². The molecule has 0 spiro atoms. The van der Waals surface area contributed by atoms with E-state index in [1.54, 1.807) is 26.0 Å². The molecule has 0 radical (unpaired) electrons. The number of carbonyl (C=O) groups excluding carboxylic acids is 1. The number of benzene rings is 1. The van der Waals surface area contributed by atoms with Crippen molar-refractivity contribution in [3.05, 3.63) is 34.9 Å².